The summed E-state index contributed by atoms with van der Waals surface area (Å²) < 4.78 is 0. The fraction of sp³-hybridized carbons (Fsp3) is 0.720. The van der Waals surface area contributed by atoms with Crippen LogP contribution in [0.4, 0.5) is 5.69 Å². The van der Waals surface area contributed by atoms with Crippen LogP contribution >= 0.6 is 0 Å². The number of fused-ring (bicyclic) bond motifs is 5. The summed E-state index contributed by atoms with van der Waals surface area (Å²) in [4.78, 5) is 14.4. The van der Waals surface area contributed by atoms with Crippen molar-refractivity contribution in [3.63, 3.8) is 0 Å². The molecule has 1 heterocycles. The molecule has 0 radical (unpaired) electrons. The molecule has 0 aromatic heterocycles. The van der Waals surface area contributed by atoms with Crippen LogP contribution in [0.3, 0.4) is 0 Å². The zero-order chi connectivity index (χ0) is 19.5. The average molecular weight is 381 g/mol. The fourth-order valence-corrected chi connectivity index (χ4v) is 8.12. The quantitative estimate of drug-likeness (QED) is 0.752. The minimum Gasteiger partial charge on any atom is -0.382 e. The molecule has 1 aromatic rings. The van der Waals surface area contributed by atoms with Crippen molar-refractivity contribution in [2.75, 3.05) is 12.4 Å². The maximum absolute atomic E-state index is 12.3. The number of piperidine rings is 1. The molecular formula is C25H36N2O. The topological polar surface area (TPSA) is 32.3 Å². The van der Waals surface area contributed by atoms with Gasteiger partial charge in [0.2, 0.25) is 5.91 Å². The van der Waals surface area contributed by atoms with E-state index >= 15 is 0 Å². The largest absolute Gasteiger partial charge is 0.382 e. The molecule has 4 fully saturated rings. The SMILES string of the molecule is CN1C(=O)CC[C@]2(C)[C@H]3CC[C@]4(C)[C@@H](Nc5ccccc5)CC[C@H]4[C@@H]3CC[C@@H]12. The molecule has 7 atom stereocenters. The number of rotatable bonds is 2. The minimum atomic E-state index is 0.331. The van der Waals surface area contributed by atoms with E-state index in [2.05, 4.69) is 61.4 Å². The highest BCUT2D eigenvalue weighted by molar-refractivity contribution is 5.77. The van der Waals surface area contributed by atoms with E-state index < -0.39 is 0 Å². The van der Waals surface area contributed by atoms with Crippen LogP contribution < -0.4 is 5.32 Å². The van der Waals surface area contributed by atoms with Crippen LogP contribution in [0.1, 0.15) is 65.2 Å². The van der Waals surface area contributed by atoms with Crippen molar-refractivity contribution in [1.29, 1.82) is 0 Å². The van der Waals surface area contributed by atoms with Crippen LogP contribution in [0, 0.1) is 28.6 Å². The first-order valence-electron chi connectivity index (χ1n) is 11.5. The van der Waals surface area contributed by atoms with E-state index in [1.165, 1.54) is 44.2 Å². The summed E-state index contributed by atoms with van der Waals surface area (Å²) in [5.41, 5.74) is 2.02. The molecule has 0 unspecified atom stereocenters. The first-order valence-corrected chi connectivity index (χ1v) is 11.5. The highest BCUT2D eigenvalue weighted by Gasteiger charge is 2.61. The molecule has 28 heavy (non-hydrogen) atoms. The number of carbonyl (C=O) groups is 1. The molecule has 1 amide bonds. The van der Waals surface area contributed by atoms with Crippen LogP contribution in [0.2, 0.25) is 0 Å². The highest BCUT2D eigenvalue weighted by atomic mass is 16.2. The summed E-state index contributed by atoms with van der Waals surface area (Å²) >= 11 is 0. The third-order valence-electron chi connectivity index (χ3n) is 9.67. The Morgan fingerprint density at radius 2 is 1.68 bits per heavy atom. The zero-order valence-corrected chi connectivity index (χ0v) is 17.8. The van der Waals surface area contributed by atoms with Gasteiger partial charge < -0.3 is 10.2 Å². The van der Waals surface area contributed by atoms with E-state index in [1.807, 2.05) is 0 Å². The van der Waals surface area contributed by atoms with Gasteiger partial charge in [-0.15, -0.1) is 0 Å². The number of para-hydroxylation sites is 1. The molecule has 3 aliphatic carbocycles. The number of benzene rings is 1. The number of amides is 1. The Morgan fingerprint density at radius 1 is 0.929 bits per heavy atom. The van der Waals surface area contributed by atoms with E-state index in [4.69, 9.17) is 0 Å². The second-order valence-electron chi connectivity index (χ2n) is 10.7. The number of nitrogens with zero attached hydrogens (tertiary/aromatic N) is 1. The summed E-state index contributed by atoms with van der Waals surface area (Å²) in [6.07, 6.45) is 9.76. The number of carbonyl (C=O) groups excluding carboxylic acids is 1. The lowest BCUT2D eigenvalue weighted by atomic mass is 9.47. The molecule has 1 saturated heterocycles. The van der Waals surface area contributed by atoms with Gasteiger partial charge >= 0.3 is 0 Å². The van der Waals surface area contributed by atoms with Crippen LogP contribution in [0.15, 0.2) is 30.3 Å². The average Bonchev–Trinajstić information content (AvgIpc) is 3.02. The normalized spacial score (nSPS) is 45.2. The van der Waals surface area contributed by atoms with Crippen LogP contribution in [-0.4, -0.2) is 29.9 Å². The lowest BCUT2D eigenvalue weighted by molar-refractivity contribution is -0.157. The Bertz CT molecular complexity index is 748. The maximum atomic E-state index is 12.3. The van der Waals surface area contributed by atoms with Crippen LogP contribution in [-0.2, 0) is 4.79 Å². The van der Waals surface area contributed by atoms with Gasteiger partial charge in [-0.2, -0.15) is 0 Å². The Balaban J connectivity index is 1.39. The van der Waals surface area contributed by atoms with E-state index in [0.717, 1.165) is 30.6 Å². The van der Waals surface area contributed by atoms with Gasteiger partial charge in [-0.05, 0) is 85.7 Å². The number of likely N-dealkylation sites (tertiary alicyclic amines) is 1. The van der Waals surface area contributed by atoms with Gasteiger partial charge in [0.15, 0.2) is 0 Å². The molecule has 0 spiro atoms. The molecule has 3 heteroatoms. The van der Waals surface area contributed by atoms with E-state index in [1.54, 1.807) is 0 Å². The summed E-state index contributed by atoms with van der Waals surface area (Å²) in [5.74, 6) is 2.86. The summed E-state index contributed by atoms with van der Waals surface area (Å²) in [6.45, 7) is 5.10. The van der Waals surface area contributed by atoms with Gasteiger partial charge in [-0.25, -0.2) is 0 Å². The summed E-state index contributed by atoms with van der Waals surface area (Å²) in [7, 11) is 2.06. The van der Waals surface area contributed by atoms with Crippen molar-refractivity contribution in [2.45, 2.75) is 77.3 Å². The number of anilines is 1. The monoisotopic (exact) mass is 380 g/mol. The van der Waals surface area contributed by atoms with E-state index in [0.29, 0.717) is 28.8 Å². The Kier molecular flexibility index (Phi) is 4.30. The molecule has 5 rings (SSSR count). The van der Waals surface area contributed by atoms with E-state index in [9.17, 15) is 4.79 Å². The third-order valence-corrected chi connectivity index (χ3v) is 9.67. The Morgan fingerprint density at radius 3 is 2.46 bits per heavy atom. The third kappa shape index (κ3) is 2.57. The van der Waals surface area contributed by atoms with Crippen LogP contribution in [0.25, 0.3) is 0 Å². The van der Waals surface area contributed by atoms with Crippen molar-refractivity contribution in [2.24, 2.45) is 28.6 Å². The lowest BCUT2D eigenvalue weighted by Gasteiger charge is -2.61. The maximum Gasteiger partial charge on any atom is 0.222 e. The predicted octanol–water partition coefficient (Wildman–Crippen LogP) is 5.33. The first kappa shape index (κ1) is 18.5. The number of nitrogens with one attached hydrogen (secondary N) is 1. The molecule has 3 saturated carbocycles. The van der Waals surface area contributed by atoms with Crippen molar-refractivity contribution in [3.05, 3.63) is 30.3 Å². The Labute approximate surface area is 170 Å². The van der Waals surface area contributed by atoms with Gasteiger partial charge in [0.1, 0.15) is 0 Å². The molecule has 152 valence electrons. The van der Waals surface area contributed by atoms with E-state index in [-0.39, 0.29) is 0 Å². The minimum absolute atomic E-state index is 0.331. The molecule has 3 nitrogen and oxygen atoms in total. The van der Waals surface area contributed by atoms with Gasteiger partial charge in [-0.1, -0.05) is 32.0 Å². The lowest BCUT2D eigenvalue weighted by Crippen LogP contribution is -2.61. The molecule has 1 aliphatic heterocycles. The van der Waals surface area contributed by atoms with Crippen LogP contribution in [0.5, 0.6) is 0 Å². The second kappa shape index (κ2) is 6.50. The molecule has 4 aliphatic rings. The molecule has 0 bridgehead atoms. The van der Waals surface area contributed by atoms with Crippen molar-refractivity contribution in [3.8, 4) is 0 Å². The van der Waals surface area contributed by atoms with Crippen molar-refractivity contribution in [1.82, 2.24) is 4.90 Å². The first-order chi connectivity index (χ1) is 13.4. The summed E-state index contributed by atoms with van der Waals surface area (Å²) in [5, 5.41) is 3.90. The highest BCUT2D eigenvalue weighted by Crippen LogP contribution is 2.64. The molecular weight excluding hydrogens is 344 g/mol. The fourth-order valence-electron chi connectivity index (χ4n) is 8.12. The van der Waals surface area contributed by atoms with Gasteiger partial charge in [0, 0.05) is 31.2 Å². The summed E-state index contributed by atoms with van der Waals surface area (Å²) in [6, 6.07) is 11.9. The molecule has 1 aromatic carbocycles. The standard InChI is InChI=1S/C25H36N2O/c1-24-15-13-20-18(9-12-22-25(20,2)16-14-23(28)27(22)3)19(24)10-11-21(24)26-17-7-5-4-6-8-17/h4-8,18-22,26H,9-16H2,1-3H3/t18-,19-,20-,21-,22+,24-,25+/m0/s1. The second-order valence-corrected chi connectivity index (χ2v) is 10.7. The Hall–Kier alpha value is -1.51. The number of hydrogen-bond acceptors (Lipinski definition) is 2. The molecule has 1 N–H and O–H groups in total. The van der Waals surface area contributed by atoms with Gasteiger partial charge in [0.25, 0.3) is 0 Å². The van der Waals surface area contributed by atoms with Crippen molar-refractivity contribution >= 4 is 11.6 Å². The zero-order valence-electron chi connectivity index (χ0n) is 17.8. The van der Waals surface area contributed by atoms with Gasteiger partial charge in [0.05, 0.1) is 0 Å². The number of hydrogen-bond donors (Lipinski definition) is 1. The van der Waals surface area contributed by atoms with Gasteiger partial charge in [-0.3, -0.25) is 4.79 Å². The smallest absolute Gasteiger partial charge is 0.222 e. The van der Waals surface area contributed by atoms with Crippen molar-refractivity contribution < 1.29 is 4.79 Å². The predicted molar refractivity (Wildman–Crippen MR) is 114 cm³/mol.